The fraction of sp³-hybridized carbons (Fsp3) is 0. The Balaban J connectivity index is 1.09. The predicted octanol–water partition coefficient (Wildman–Crippen LogP) is 15.6. The standard InChI is InChI=1S/C59H34N4O/c1-2-14-38-34-52-50(33-37(38)13-1)47-17-7-9-19-51(47)63(52)56-49(29-30-54-55(56)48-18-8-10-20-53(48)64-54)59-61-57(41-25-27-45-39(31-41)23-21-35-11-3-5-15-43(35)45)60-58(62-59)42-26-28-46-40(32-42)24-22-36-12-4-6-16-44(36)46/h1-34H. The van der Waals surface area contributed by atoms with E-state index in [2.05, 4.69) is 199 Å². The third-order valence-corrected chi connectivity index (χ3v) is 13.2. The highest BCUT2D eigenvalue weighted by Gasteiger charge is 2.25. The Morgan fingerprint density at radius 1 is 0.312 bits per heavy atom. The molecule has 0 saturated carbocycles. The molecule has 296 valence electrons. The number of hydrogen-bond donors (Lipinski definition) is 0. The van der Waals surface area contributed by atoms with Gasteiger partial charge < -0.3 is 8.98 Å². The maximum atomic E-state index is 6.64. The first kappa shape index (κ1) is 35.0. The summed E-state index contributed by atoms with van der Waals surface area (Å²) in [7, 11) is 0. The van der Waals surface area contributed by atoms with Crippen LogP contribution in [-0.2, 0) is 0 Å². The van der Waals surface area contributed by atoms with E-state index in [1.165, 1.54) is 53.9 Å². The largest absolute Gasteiger partial charge is 0.456 e. The monoisotopic (exact) mass is 814 g/mol. The van der Waals surface area contributed by atoms with Gasteiger partial charge in [-0.3, -0.25) is 0 Å². The van der Waals surface area contributed by atoms with Crippen LogP contribution in [0.25, 0.3) is 137 Å². The molecule has 3 heterocycles. The van der Waals surface area contributed by atoms with E-state index in [-0.39, 0.29) is 0 Å². The highest BCUT2D eigenvalue weighted by atomic mass is 16.3. The van der Waals surface area contributed by atoms with Crippen molar-refractivity contribution in [2.45, 2.75) is 0 Å². The molecule has 0 atom stereocenters. The maximum Gasteiger partial charge on any atom is 0.166 e. The van der Waals surface area contributed by atoms with Crippen molar-refractivity contribution < 1.29 is 4.42 Å². The molecule has 64 heavy (non-hydrogen) atoms. The minimum atomic E-state index is 0.575. The molecule has 0 saturated heterocycles. The number of nitrogens with zero attached hydrogens (tertiary/aromatic N) is 4. The summed E-state index contributed by atoms with van der Waals surface area (Å²) in [6.07, 6.45) is 0. The van der Waals surface area contributed by atoms with Crippen LogP contribution in [0.3, 0.4) is 0 Å². The van der Waals surface area contributed by atoms with Crippen molar-refractivity contribution in [3.8, 4) is 39.9 Å². The van der Waals surface area contributed by atoms with E-state index in [1.807, 2.05) is 12.1 Å². The molecular formula is C59H34N4O. The van der Waals surface area contributed by atoms with Gasteiger partial charge in [0, 0.05) is 32.8 Å². The molecule has 0 unspecified atom stereocenters. The summed E-state index contributed by atoms with van der Waals surface area (Å²) in [4.78, 5) is 16.2. The van der Waals surface area contributed by atoms with Crippen molar-refractivity contribution in [3.05, 3.63) is 206 Å². The van der Waals surface area contributed by atoms with Gasteiger partial charge in [0.25, 0.3) is 0 Å². The lowest BCUT2D eigenvalue weighted by molar-refractivity contribution is 0.669. The van der Waals surface area contributed by atoms with Gasteiger partial charge in [-0.05, 0) is 102 Å². The SMILES string of the molecule is c1ccc2cc3c(cc2c1)c1ccccc1n3-c1c(-c2nc(-c3ccc4c(ccc5ccccc54)c3)nc(-c3ccc4c(ccc5ccccc54)c3)n2)ccc2oc3ccccc3c12. The van der Waals surface area contributed by atoms with Gasteiger partial charge >= 0.3 is 0 Å². The molecule has 11 aromatic carbocycles. The number of aromatic nitrogens is 4. The van der Waals surface area contributed by atoms with Gasteiger partial charge in [0.1, 0.15) is 11.2 Å². The second-order valence-corrected chi connectivity index (χ2v) is 16.8. The van der Waals surface area contributed by atoms with Crippen molar-refractivity contribution >= 4 is 97.6 Å². The summed E-state index contributed by atoms with van der Waals surface area (Å²) < 4.78 is 9.04. The molecular weight excluding hydrogens is 781 g/mol. The van der Waals surface area contributed by atoms with Crippen molar-refractivity contribution in [1.82, 2.24) is 19.5 Å². The summed E-state index contributed by atoms with van der Waals surface area (Å²) in [5.74, 6) is 1.78. The lowest BCUT2D eigenvalue weighted by Crippen LogP contribution is -2.04. The van der Waals surface area contributed by atoms with Crippen LogP contribution in [-0.4, -0.2) is 19.5 Å². The van der Waals surface area contributed by atoms with Crippen LogP contribution in [0.15, 0.2) is 211 Å². The van der Waals surface area contributed by atoms with Crippen LogP contribution in [0.5, 0.6) is 0 Å². The Hall–Kier alpha value is -8.67. The summed E-state index contributed by atoms with van der Waals surface area (Å²) in [6.45, 7) is 0. The van der Waals surface area contributed by atoms with E-state index in [0.29, 0.717) is 17.5 Å². The van der Waals surface area contributed by atoms with E-state index in [1.54, 1.807) is 0 Å². The summed E-state index contributed by atoms with van der Waals surface area (Å²) in [6, 6.07) is 73.4. The van der Waals surface area contributed by atoms with Gasteiger partial charge in [0.2, 0.25) is 0 Å². The molecule has 0 radical (unpaired) electrons. The minimum Gasteiger partial charge on any atom is -0.456 e. The molecule has 0 amide bonds. The fourth-order valence-corrected chi connectivity index (χ4v) is 10.2. The Morgan fingerprint density at radius 3 is 1.50 bits per heavy atom. The van der Waals surface area contributed by atoms with E-state index in [0.717, 1.165) is 66.1 Å². The maximum absolute atomic E-state index is 6.64. The van der Waals surface area contributed by atoms with Crippen LogP contribution in [0.2, 0.25) is 0 Å². The quantitative estimate of drug-likeness (QED) is 0.166. The van der Waals surface area contributed by atoms with Gasteiger partial charge in [-0.2, -0.15) is 0 Å². The Bertz CT molecular complexity index is 4140. The van der Waals surface area contributed by atoms with Gasteiger partial charge in [0.15, 0.2) is 17.5 Å². The number of benzene rings is 11. The molecule has 0 aliphatic heterocycles. The van der Waals surface area contributed by atoms with Gasteiger partial charge in [0.05, 0.1) is 22.1 Å². The molecule has 0 aliphatic rings. The molecule has 0 N–H and O–H groups in total. The molecule has 14 rings (SSSR count). The lowest BCUT2D eigenvalue weighted by atomic mass is 9.99. The zero-order chi connectivity index (χ0) is 41.9. The van der Waals surface area contributed by atoms with Crippen molar-refractivity contribution in [2.75, 3.05) is 0 Å². The Morgan fingerprint density at radius 2 is 0.828 bits per heavy atom. The predicted molar refractivity (Wildman–Crippen MR) is 265 cm³/mol. The van der Waals surface area contributed by atoms with E-state index < -0.39 is 0 Å². The number of fused-ring (bicyclic) bond motifs is 13. The van der Waals surface area contributed by atoms with Crippen molar-refractivity contribution in [1.29, 1.82) is 0 Å². The Labute approximate surface area is 366 Å². The average molecular weight is 815 g/mol. The van der Waals surface area contributed by atoms with E-state index in [4.69, 9.17) is 19.4 Å². The van der Waals surface area contributed by atoms with Crippen LogP contribution in [0.4, 0.5) is 0 Å². The topological polar surface area (TPSA) is 56.7 Å². The number of furan rings is 1. The van der Waals surface area contributed by atoms with Crippen LogP contribution in [0.1, 0.15) is 0 Å². The zero-order valence-electron chi connectivity index (χ0n) is 34.3. The molecule has 5 nitrogen and oxygen atoms in total. The summed E-state index contributed by atoms with van der Waals surface area (Å²) in [5.41, 5.74) is 7.47. The van der Waals surface area contributed by atoms with Crippen LogP contribution < -0.4 is 0 Å². The van der Waals surface area contributed by atoms with Crippen molar-refractivity contribution in [3.63, 3.8) is 0 Å². The molecule has 3 aromatic heterocycles. The van der Waals surface area contributed by atoms with Crippen molar-refractivity contribution in [2.24, 2.45) is 0 Å². The first-order chi connectivity index (χ1) is 31.7. The molecule has 14 aromatic rings. The number of para-hydroxylation sites is 2. The average Bonchev–Trinajstić information content (AvgIpc) is 3.90. The van der Waals surface area contributed by atoms with Crippen LogP contribution >= 0.6 is 0 Å². The highest BCUT2D eigenvalue weighted by Crippen LogP contribution is 2.44. The number of hydrogen-bond acceptors (Lipinski definition) is 4. The fourth-order valence-electron chi connectivity index (χ4n) is 10.2. The summed E-state index contributed by atoms with van der Waals surface area (Å²) in [5, 5.41) is 16.2. The third-order valence-electron chi connectivity index (χ3n) is 13.2. The molecule has 0 aliphatic carbocycles. The molecule has 0 bridgehead atoms. The molecule has 0 fully saturated rings. The second-order valence-electron chi connectivity index (χ2n) is 16.8. The van der Waals surface area contributed by atoms with E-state index >= 15 is 0 Å². The van der Waals surface area contributed by atoms with Gasteiger partial charge in [-0.1, -0.05) is 158 Å². The smallest absolute Gasteiger partial charge is 0.166 e. The minimum absolute atomic E-state index is 0.575. The van der Waals surface area contributed by atoms with Gasteiger partial charge in [-0.25, -0.2) is 15.0 Å². The van der Waals surface area contributed by atoms with E-state index in [9.17, 15) is 0 Å². The van der Waals surface area contributed by atoms with Gasteiger partial charge in [-0.15, -0.1) is 0 Å². The normalized spacial score (nSPS) is 12.1. The Kier molecular flexibility index (Phi) is 7.33. The highest BCUT2D eigenvalue weighted by molar-refractivity contribution is 6.18. The molecule has 0 spiro atoms. The second kappa shape index (κ2) is 13.4. The first-order valence-electron chi connectivity index (χ1n) is 21.7. The zero-order valence-corrected chi connectivity index (χ0v) is 34.3. The number of rotatable bonds is 4. The third kappa shape index (κ3) is 5.22. The summed E-state index contributed by atoms with van der Waals surface area (Å²) >= 11 is 0. The first-order valence-corrected chi connectivity index (χ1v) is 21.7. The van der Waals surface area contributed by atoms with Crippen LogP contribution in [0, 0.1) is 0 Å². The lowest BCUT2D eigenvalue weighted by Gasteiger charge is -2.16. The molecule has 5 heteroatoms.